The van der Waals surface area contributed by atoms with Crippen molar-refractivity contribution in [1.29, 1.82) is 0 Å². The molecule has 0 saturated heterocycles. The van der Waals surface area contributed by atoms with Gasteiger partial charge in [-0.15, -0.1) is 0 Å². The van der Waals surface area contributed by atoms with Gasteiger partial charge >= 0.3 is 7.48 Å². The number of fused-ring (bicyclic) bond motifs is 1. The summed E-state index contributed by atoms with van der Waals surface area (Å²) >= 11 is 5.13. The molecule has 0 aliphatic rings. The molecule has 0 fully saturated rings. The summed E-state index contributed by atoms with van der Waals surface area (Å²) in [4.78, 5) is 11.3. The van der Waals surface area contributed by atoms with E-state index in [4.69, 9.17) is 17.2 Å². The molecule has 3 aromatic rings. The van der Waals surface area contributed by atoms with Crippen molar-refractivity contribution in [3.8, 4) is 0 Å². The lowest BCUT2D eigenvalue weighted by atomic mass is 9.88. The Morgan fingerprint density at radius 2 is 2.05 bits per heavy atom. The van der Waals surface area contributed by atoms with Crippen LogP contribution in [-0.2, 0) is 6.54 Å². The first-order chi connectivity index (χ1) is 9.28. The molecule has 93 valence electrons. The second-order valence-electron chi connectivity index (χ2n) is 4.15. The van der Waals surface area contributed by atoms with Gasteiger partial charge in [0.05, 0.1) is 19.2 Å². The summed E-state index contributed by atoms with van der Waals surface area (Å²) in [5.74, 6) is 0. The first kappa shape index (κ1) is 12.1. The average molecular weight is 269 g/mol. The van der Waals surface area contributed by atoms with E-state index in [1.165, 1.54) is 0 Å². The van der Waals surface area contributed by atoms with Crippen LogP contribution in [0.4, 0.5) is 0 Å². The van der Waals surface area contributed by atoms with Crippen LogP contribution in [0.5, 0.6) is 0 Å². The maximum absolute atomic E-state index is 8.89. The highest BCUT2D eigenvalue weighted by molar-refractivity contribution is 7.71. The van der Waals surface area contributed by atoms with Gasteiger partial charge in [0.2, 0.25) is 0 Å². The number of H-pyrrole nitrogens is 1. The lowest BCUT2D eigenvalue weighted by Crippen LogP contribution is -2.12. The predicted molar refractivity (Wildman–Crippen MR) is 75.9 cm³/mol. The number of hydrogen-bond acceptors (Lipinski definition) is 4. The van der Waals surface area contributed by atoms with Crippen LogP contribution in [0.15, 0.2) is 36.9 Å². The highest BCUT2D eigenvalue weighted by Gasteiger charge is 2.05. The fourth-order valence-electron chi connectivity index (χ4n) is 1.93. The molecule has 7 heteroatoms. The Morgan fingerprint density at radius 3 is 2.79 bits per heavy atom. The van der Waals surface area contributed by atoms with Crippen molar-refractivity contribution in [2.45, 2.75) is 6.54 Å². The molecule has 3 rings (SSSR count). The summed E-state index contributed by atoms with van der Waals surface area (Å²) in [6.45, 7) is 0.678. The zero-order chi connectivity index (χ0) is 13.2. The Labute approximate surface area is 115 Å². The third-order valence-corrected chi connectivity index (χ3v) is 3.20. The SMILES string of the molecule is O[B]c1ccc(Cn2cnc3c(=S)nc[nH]c32)cc1. The van der Waals surface area contributed by atoms with Gasteiger partial charge in [-0.2, -0.15) is 0 Å². The zero-order valence-electron chi connectivity index (χ0n) is 9.95. The molecule has 5 nitrogen and oxygen atoms in total. The van der Waals surface area contributed by atoms with Gasteiger partial charge in [0.15, 0.2) is 4.64 Å². The second kappa shape index (κ2) is 4.95. The van der Waals surface area contributed by atoms with Crippen molar-refractivity contribution < 1.29 is 5.02 Å². The van der Waals surface area contributed by atoms with Crippen LogP contribution in [0.3, 0.4) is 0 Å². The Morgan fingerprint density at radius 1 is 1.26 bits per heavy atom. The maximum atomic E-state index is 8.89. The maximum Gasteiger partial charge on any atom is 0.326 e. The molecule has 1 aromatic carbocycles. The molecule has 2 N–H and O–H groups in total. The minimum absolute atomic E-state index is 0.498. The first-order valence-electron chi connectivity index (χ1n) is 5.73. The molecule has 2 heterocycles. The average Bonchev–Trinajstić information content (AvgIpc) is 2.84. The van der Waals surface area contributed by atoms with Crippen molar-refractivity contribution in [1.82, 2.24) is 19.5 Å². The van der Waals surface area contributed by atoms with Gasteiger partial charge in [-0.3, -0.25) is 0 Å². The van der Waals surface area contributed by atoms with Gasteiger partial charge in [0.1, 0.15) is 11.2 Å². The topological polar surface area (TPSA) is 66.7 Å². The molecule has 0 spiro atoms. The van der Waals surface area contributed by atoms with E-state index in [0.29, 0.717) is 16.7 Å². The van der Waals surface area contributed by atoms with Crippen LogP contribution in [0.1, 0.15) is 5.56 Å². The van der Waals surface area contributed by atoms with Crippen LogP contribution >= 0.6 is 12.2 Å². The van der Waals surface area contributed by atoms with Crippen LogP contribution in [0.25, 0.3) is 11.2 Å². The molecule has 0 aliphatic heterocycles. The number of aromatic nitrogens is 4. The molecule has 0 saturated carbocycles. The van der Waals surface area contributed by atoms with Gasteiger partial charge in [-0.05, 0) is 5.56 Å². The van der Waals surface area contributed by atoms with E-state index >= 15 is 0 Å². The number of hydrogen-bond donors (Lipinski definition) is 2. The van der Waals surface area contributed by atoms with Crippen LogP contribution < -0.4 is 5.46 Å². The van der Waals surface area contributed by atoms with Gasteiger partial charge < -0.3 is 14.6 Å². The van der Waals surface area contributed by atoms with Crippen molar-refractivity contribution in [3.05, 3.63) is 47.1 Å². The van der Waals surface area contributed by atoms with E-state index < -0.39 is 0 Å². The fraction of sp³-hybridized carbons (Fsp3) is 0.0833. The summed E-state index contributed by atoms with van der Waals surface area (Å²) in [6.07, 6.45) is 3.32. The minimum atomic E-state index is 0.498. The predicted octanol–water partition coefficient (Wildman–Crippen LogP) is 0.774. The van der Waals surface area contributed by atoms with Crippen molar-refractivity contribution in [2.75, 3.05) is 0 Å². The molecule has 19 heavy (non-hydrogen) atoms. The number of rotatable bonds is 3. The van der Waals surface area contributed by atoms with Crippen molar-refractivity contribution in [2.24, 2.45) is 0 Å². The highest BCUT2D eigenvalue weighted by atomic mass is 32.1. The number of benzene rings is 1. The summed E-state index contributed by atoms with van der Waals surface area (Å²) in [5.41, 5.74) is 3.46. The van der Waals surface area contributed by atoms with E-state index in [-0.39, 0.29) is 0 Å². The molecular formula is C12H10BN4OS. The third-order valence-electron chi connectivity index (χ3n) is 2.91. The molecule has 0 bridgehead atoms. The standard InChI is InChI=1S/C12H10BN4OS/c18-13-9-3-1-8(2-4-9)5-17-7-16-10-11(17)14-6-15-12(10)19/h1-4,6-7,18H,5H2,(H,14,15,19). The highest BCUT2D eigenvalue weighted by Crippen LogP contribution is 2.11. The van der Waals surface area contributed by atoms with Crippen LogP contribution in [0.2, 0.25) is 0 Å². The number of aromatic amines is 1. The third kappa shape index (κ3) is 2.30. The molecule has 2 aromatic heterocycles. The Kier molecular flexibility index (Phi) is 3.14. The van der Waals surface area contributed by atoms with E-state index in [9.17, 15) is 0 Å². The monoisotopic (exact) mass is 269 g/mol. The summed E-state index contributed by atoms with van der Waals surface area (Å²) in [5, 5.41) is 8.89. The van der Waals surface area contributed by atoms with Gasteiger partial charge in [0, 0.05) is 0 Å². The summed E-state index contributed by atoms with van der Waals surface area (Å²) < 4.78 is 2.47. The molecule has 1 radical (unpaired) electrons. The van der Waals surface area contributed by atoms with E-state index in [1.54, 1.807) is 12.7 Å². The molecule has 0 amide bonds. The molecule has 0 atom stereocenters. The smallest absolute Gasteiger partial charge is 0.326 e. The Bertz CT molecular complexity index is 765. The van der Waals surface area contributed by atoms with Crippen LogP contribution in [0, 0.1) is 4.64 Å². The Balaban J connectivity index is 1.96. The van der Waals surface area contributed by atoms with E-state index in [2.05, 4.69) is 15.0 Å². The van der Waals surface area contributed by atoms with Gasteiger partial charge in [-0.25, -0.2) is 9.97 Å². The Hall–Kier alpha value is -1.99. The van der Waals surface area contributed by atoms with Crippen LogP contribution in [-0.4, -0.2) is 32.0 Å². The van der Waals surface area contributed by atoms with E-state index in [1.807, 2.05) is 28.8 Å². The fourth-order valence-corrected chi connectivity index (χ4v) is 2.13. The minimum Gasteiger partial charge on any atom is -0.450 e. The second-order valence-corrected chi connectivity index (χ2v) is 4.53. The normalized spacial score (nSPS) is 10.8. The number of nitrogens with zero attached hydrogens (tertiary/aromatic N) is 3. The quantitative estimate of drug-likeness (QED) is 0.544. The van der Waals surface area contributed by atoms with Gasteiger partial charge in [0.25, 0.3) is 0 Å². The lowest BCUT2D eigenvalue weighted by molar-refractivity contribution is 0.615. The molecule has 0 aliphatic carbocycles. The van der Waals surface area contributed by atoms with E-state index in [0.717, 1.165) is 24.2 Å². The first-order valence-corrected chi connectivity index (χ1v) is 6.13. The lowest BCUT2D eigenvalue weighted by Gasteiger charge is -2.05. The molecule has 0 unspecified atom stereocenters. The zero-order valence-corrected chi connectivity index (χ0v) is 10.8. The summed E-state index contributed by atoms with van der Waals surface area (Å²) in [6, 6.07) is 7.64. The van der Waals surface area contributed by atoms with Crippen molar-refractivity contribution in [3.63, 3.8) is 0 Å². The van der Waals surface area contributed by atoms with Crippen molar-refractivity contribution >= 4 is 36.3 Å². The van der Waals surface area contributed by atoms with Gasteiger partial charge in [-0.1, -0.05) is 41.9 Å². The number of imidazole rings is 1. The largest absolute Gasteiger partial charge is 0.450 e. The number of nitrogens with one attached hydrogen (secondary N) is 1. The molecular weight excluding hydrogens is 259 g/mol. The summed E-state index contributed by atoms with van der Waals surface area (Å²) in [7, 11) is 1.08.